The van der Waals surface area contributed by atoms with Crippen LogP contribution in [-0.4, -0.2) is 52.3 Å². The Labute approximate surface area is 220 Å². The SMILES string of the molecule is Cc1ccc(C(=O)N(CC(=O)N(Cc2ccccc2)Cc2sccc2C)CC2CCCO2)cc1[N+](=O)[O-]. The van der Waals surface area contributed by atoms with Crippen molar-refractivity contribution in [2.75, 3.05) is 19.7 Å². The lowest BCUT2D eigenvalue weighted by Gasteiger charge is -2.29. The van der Waals surface area contributed by atoms with E-state index < -0.39 is 10.8 Å². The second-order valence-corrected chi connectivity index (χ2v) is 10.3. The van der Waals surface area contributed by atoms with Crippen LogP contribution in [0.15, 0.2) is 60.0 Å². The highest BCUT2D eigenvalue weighted by Gasteiger charge is 2.28. The standard InChI is InChI=1S/C28H31N3O5S/c1-20-10-11-23(15-25(20)31(34)35)28(33)30(17-24-9-6-13-36-24)19-27(32)29(16-22-7-4-3-5-8-22)18-26-21(2)12-14-37-26/h3-5,7-8,10-12,14-15,24H,6,9,13,16-19H2,1-2H3. The largest absolute Gasteiger partial charge is 0.376 e. The third-order valence-corrected chi connectivity index (χ3v) is 7.59. The van der Waals surface area contributed by atoms with Crippen molar-refractivity contribution in [1.29, 1.82) is 0 Å². The molecule has 1 fully saturated rings. The van der Waals surface area contributed by atoms with Gasteiger partial charge in [0.15, 0.2) is 0 Å². The minimum absolute atomic E-state index is 0.117. The number of carbonyl (C=O) groups excluding carboxylic acids is 2. The maximum absolute atomic E-state index is 13.7. The Hall–Kier alpha value is -3.56. The third kappa shape index (κ3) is 6.81. The summed E-state index contributed by atoms with van der Waals surface area (Å²) in [6.07, 6.45) is 1.53. The van der Waals surface area contributed by atoms with Gasteiger partial charge >= 0.3 is 0 Å². The number of amides is 2. The van der Waals surface area contributed by atoms with E-state index in [4.69, 9.17) is 4.74 Å². The first kappa shape index (κ1) is 26.5. The number of nitro benzene ring substituents is 1. The van der Waals surface area contributed by atoms with Crippen LogP contribution < -0.4 is 0 Å². The molecule has 0 bridgehead atoms. The highest BCUT2D eigenvalue weighted by atomic mass is 32.1. The first-order chi connectivity index (χ1) is 17.8. The molecule has 8 nitrogen and oxygen atoms in total. The van der Waals surface area contributed by atoms with Gasteiger partial charge in [-0.25, -0.2) is 0 Å². The van der Waals surface area contributed by atoms with E-state index in [9.17, 15) is 19.7 Å². The van der Waals surface area contributed by atoms with Gasteiger partial charge in [0.1, 0.15) is 6.54 Å². The number of carbonyl (C=O) groups is 2. The lowest BCUT2D eigenvalue weighted by atomic mass is 10.1. The second kappa shape index (κ2) is 12.1. The van der Waals surface area contributed by atoms with Crippen LogP contribution in [0.25, 0.3) is 0 Å². The Morgan fingerprint density at radius 3 is 2.49 bits per heavy atom. The van der Waals surface area contributed by atoms with Crippen molar-refractivity contribution in [3.05, 3.63) is 97.2 Å². The number of ether oxygens (including phenoxy) is 1. The molecule has 3 aromatic rings. The summed E-state index contributed by atoms with van der Waals surface area (Å²) >= 11 is 1.60. The topological polar surface area (TPSA) is 93.0 Å². The molecule has 0 aliphatic carbocycles. The fraction of sp³-hybridized carbons (Fsp3) is 0.357. The lowest BCUT2D eigenvalue weighted by molar-refractivity contribution is -0.385. The first-order valence-corrected chi connectivity index (χ1v) is 13.2. The molecule has 194 valence electrons. The van der Waals surface area contributed by atoms with Crippen molar-refractivity contribution in [3.63, 3.8) is 0 Å². The molecule has 2 amide bonds. The average molecular weight is 522 g/mol. The van der Waals surface area contributed by atoms with Crippen molar-refractivity contribution >= 4 is 28.8 Å². The van der Waals surface area contributed by atoms with E-state index in [1.165, 1.54) is 11.0 Å². The minimum atomic E-state index is -0.493. The molecule has 0 N–H and O–H groups in total. The lowest BCUT2D eigenvalue weighted by Crippen LogP contribution is -2.45. The number of rotatable bonds is 10. The minimum Gasteiger partial charge on any atom is -0.376 e. The second-order valence-electron chi connectivity index (χ2n) is 9.34. The Kier molecular flexibility index (Phi) is 8.68. The van der Waals surface area contributed by atoms with Gasteiger partial charge in [-0.05, 0) is 55.3 Å². The predicted octanol–water partition coefficient (Wildman–Crippen LogP) is 5.12. The average Bonchev–Trinajstić information content (AvgIpc) is 3.55. The van der Waals surface area contributed by atoms with Crippen LogP contribution in [-0.2, 0) is 22.6 Å². The van der Waals surface area contributed by atoms with Crippen molar-refractivity contribution < 1.29 is 19.2 Å². The number of nitro groups is 1. The molecule has 1 saturated heterocycles. The van der Waals surface area contributed by atoms with Crippen LogP contribution in [0.1, 0.15) is 44.8 Å². The molecule has 1 aliphatic rings. The zero-order valence-electron chi connectivity index (χ0n) is 21.1. The highest BCUT2D eigenvalue weighted by Crippen LogP contribution is 2.23. The molecule has 2 heterocycles. The zero-order valence-corrected chi connectivity index (χ0v) is 21.9. The fourth-order valence-electron chi connectivity index (χ4n) is 4.41. The third-order valence-electron chi connectivity index (χ3n) is 6.59. The molecule has 1 unspecified atom stereocenters. The highest BCUT2D eigenvalue weighted by molar-refractivity contribution is 7.10. The summed E-state index contributed by atoms with van der Waals surface area (Å²) in [5, 5.41) is 13.5. The molecule has 0 spiro atoms. The van der Waals surface area contributed by atoms with Crippen molar-refractivity contribution in [2.45, 2.75) is 45.9 Å². The molecule has 2 aromatic carbocycles. The summed E-state index contributed by atoms with van der Waals surface area (Å²) in [5.74, 6) is -0.608. The summed E-state index contributed by atoms with van der Waals surface area (Å²) in [6.45, 7) is 5.24. The summed E-state index contributed by atoms with van der Waals surface area (Å²) in [7, 11) is 0. The van der Waals surface area contributed by atoms with E-state index >= 15 is 0 Å². The van der Waals surface area contributed by atoms with Gasteiger partial charge in [0.2, 0.25) is 5.91 Å². The van der Waals surface area contributed by atoms with E-state index in [0.717, 1.165) is 28.8 Å². The van der Waals surface area contributed by atoms with Crippen LogP contribution in [0.3, 0.4) is 0 Å². The van der Waals surface area contributed by atoms with E-state index in [1.54, 1.807) is 35.3 Å². The number of hydrogen-bond donors (Lipinski definition) is 0. The number of benzene rings is 2. The molecule has 1 atom stereocenters. The van der Waals surface area contributed by atoms with Gasteiger partial charge in [0, 0.05) is 41.8 Å². The van der Waals surface area contributed by atoms with Crippen LogP contribution in [0.5, 0.6) is 0 Å². The van der Waals surface area contributed by atoms with E-state index in [2.05, 4.69) is 0 Å². The van der Waals surface area contributed by atoms with Gasteiger partial charge in [-0.3, -0.25) is 19.7 Å². The van der Waals surface area contributed by atoms with E-state index in [0.29, 0.717) is 25.3 Å². The van der Waals surface area contributed by atoms with Gasteiger partial charge in [-0.15, -0.1) is 11.3 Å². The molecule has 1 aliphatic heterocycles. The van der Waals surface area contributed by atoms with Crippen LogP contribution >= 0.6 is 11.3 Å². The smallest absolute Gasteiger partial charge is 0.273 e. The fourth-order valence-corrected chi connectivity index (χ4v) is 5.33. The van der Waals surface area contributed by atoms with E-state index in [-0.39, 0.29) is 36.4 Å². The molecule has 37 heavy (non-hydrogen) atoms. The summed E-state index contributed by atoms with van der Waals surface area (Å²) in [4.78, 5) is 42.6. The quantitative estimate of drug-likeness (QED) is 0.273. The Morgan fingerprint density at radius 1 is 1.05 bits per heavy atom. The molecule has 0 radical (unpaired) electrons. The summed E-state index contributed by atoms with van der Waals surface area (Å²) in [5.41, 5.74) is 2.66. The first-order valence-electron chi connectivity index (χ1n) is 12.3. The van der Waals surface area contributed by atoms with Gasteiger partial charge in [-0.1, -0.05) is 36.4 Å². The normalized spacial score (nSPS) is 14.9. The monoisotopic (exact) mass is 521 g/mol. The zero-order chi connectivity index (χ0) is 26.4. The number of thiophene rings is 1. The van der Waals surface area contributed by atoms with Gasteiger partial charge in [0.25, 0.3) is 11.6 Å². The van der Waals surface area contributed by atoms with Gasteiger partial charge in [0.05, 0.1) is 17.6 Å². The Bertz CT molecular complexity index is 1250. The van der Waals surface area contributed by atoms with Crippen molar-refractivity contribution in [1.82, 2.24) is 9.80 Å². The van der Waals surface area contributed by atoms with Crippen molar-refractivity contribution in [2.24, 2.45) is 0 Å². The maximum atomic E-state index is 13.7. The molecule has 0 saturated carbocycles. The molecular formula is C28H31N3O5S. The van der Waals surface area contributed by atoms with Gasteiger partial charge < -0.3 is 14.5 Å². The summed E-state index contributed by atoms with van der Waals surface area (Å²) < 4.78 is 5.76. The number of hydrogen-bond acceptors (Lipinski definition) is 6. The molecule has 4 rings (SSSR count). The molecule has 1 aromatic heterocycles. The van der Waals surface area contributed by atoms with E-state index in [1.807, 2.05) is 48.7 Å². The van der Waals surface area contributed by atoms with Crippen LogP contribution in [0.4, 0.5) is 5.69 Å². The summed E-state index contributed by atoms with van der Waals surface area (Å²) in [6, 6.07) is 16.2. The molecule has 9 heteroatoms. The van der Waals surface area contributed by atoms with Crippen LogP contribution in [0.2, 0.25) is 0 Å². The van der Waals surface area contributed by atoms with Crippen LogP contribution in [0, 0.1) is 24.0 Å². The van der Waals surface area contributed by atoms with Gasteiger partial charge in [-0.2, -0.15) is 0 Å². The maximum Gasteiger partial charge on any atom is 0.273 e. The Morgan fingerprint density at radius 2 is 1.84 bits per heavy atom. The number of aryl methyl sites for hydroxylation is 2. The Balaban J connectivity index is 1.59. The van der Waals surface area contributed by atoms with Crippen molar-refractivity contribution in [3.8, 4) is 0 Å². The predicted molar refractivity (Wildman–Crippen MR) is 142 cm³/mol. The number of nitrogens with zero attached hydrogens (tertiary/aromatic N) is 3. The molecular weight excluding hydrogens is 490 g/mol.